The SMILES string of the molecule is CCCC(=O)N1CCC(Cl)C1. The van der Waals surface area contributed by atoms with Crippen LogP contribution in [0.2, 0.25) is 0 Å². The lowest BCUT2D eigenvalue weighted by Crippen LogP contribution is -2.28. The van der Waals surface area contributed by atoms with Crippen LogP contribution >= 0.6 is 11.6 Å². The van der Waals surface area contributed by atoms with E-state index in [1.165, 1.54) is 0 Å². The molecule has 0 spiro atoms. The van der Waals surface area contributed by atoms with E-state index in [1.54, 1.807) is 0 Å². The average Bonchev–Trinajstić information content (AvgIpc) is 2.36. The average molecular weight is 176 g/mol. The third kappa shape index (κ3) is 2.37. The summed E-state index contributed by atoms with van der Waals surface area (Å²) in [4.78, 5) is 13.1. The molecule has 0 aromatic carbocycles. The van der Waals surface area contributed by atoms with Crippen LogP contribution in [0.3, 0.4) is 0 Å². The van der Waals surface area contributed by atoms with Crippen LogP contribution in [0, 0.1) is 0 Å². The van der Waals surface area contributed by atoms with Gasteiger partial charge >= 0.3 is 0 Å². The Hall–Kier alpha value is -0.240. The molecule has 0 radical (unpaired) electrons. The minimum atomic E-state index is 0.191. The molecule has 1 unspecified atom stereocenters. The number of halogens is 1. The van der Waals surface area contributed by atoms with E-state index in [4.69, 9.17) is 11.6 Å². The molecule has 0 saturated carbocycles. The smallest absolute Gasteiger partial charge is 0.222 e. The molecule has 1 aliphatic heterocycles. The number of carbonyl (C=O) groups excluding carboxylic acids is 1. The molecule has 64 valence electrons. The van der Waals surface area contributed by atoms with Crippen LogP contribution in [0.25, 0.3) is 0 Å². The number of amides is 1. The standard InChI is InChI=1S/C8H14ClNO/c1-2-3-8(11)10-5-4-7(9)6-10/h7H,2-6H2,1H3. The molecular formula is C8H14ClNO. The molecule has 0 aromatic rings. The fourth-order valence-corrected chi connectivity index (χ4v) is 1.58. The van der Waals surface area contributed by atoms with Gasteiger partial charge in [0, 0.05) is 19.5 Å². The van der Waals surface area contributed by atoms with Crippen LogP contribution in [-0.4, -0.2) is 29.3 Å². The number of nitrogens with zero attached hydrogens (tertiary/aromatic N) is 1. The summed E-state index contributed by atoms with van der Waals surface area (Å²) in [6.07, 6.45) is 2.56. The van der Waals surface area contributed by atoms with Crippen molar-refractivity contribution in [2.24, 2.45) is 0 Å². The van der Waals surface area contributed by atoms with E-state index >= 15 is 0 Å². The van der Waals surface area contributed by atoms with Gasteiger partial charge in [0.05, 0.1) is 5.38 Å². The highest BCUT2D eigenvalue weighted by molar-refractivity contribution is 6.21. The van der Waals surface area contributed by atoms with Gasteiger partial charge in [0.1, 0.15) is 0 Å². The van der Waals surface area contributed by atoms with Crippen molar-refractivity contribution >= 4 is 17.5 Å². The predicted molar refractivity (Wildman–Crippen MR) is 45.7 cm³/mol. The molecule has 1 aliphatic rings. The van der Waals surface area contributed by atoms with Crippen molar-refractivity contribution in [2.75, 3.05) is 13.1 Å². The Kier molecular flexibility index (Phi) is 3.18. The highest BCUT2D eigenvalue weighted by atomic mass is 35.5. The molecule has 1 heterocycles. The van der Waals surface area contributed by atoms with Crippen LogP contribution in [0.15, 0.2) is 0 Å². The van der Waals surface area contributed by atoms with Gasteiger partial charge in [0.25, 0.3) is 0 Å². The fraction of sp³-hybridized carbons (Fsp3) is 0.875. The molecule has 0 N–H and O–H groups in total. The van der Waals surface area contributed by atoms with E-state index < -0.39 is 0 Å². The summed E-state index contributed by atoms with van der Waals surface area (Å²) >= 11 is 5.86. The summed E-state index contributed by atoms with van der Waals surface area (Å²) in [6, 6.07) is 0. The minimum Gasteiger partial charge on any atom is -0.341 e. The Morgan fingerprint density at radius 2 is 2.45 bits per heavy atom. The number of hydrogen-bond acceptors (Lipinski definition) is 1. The zero-order valence-corrected chi connectivity index (χ0v) is 7.60. The van der Waals surface area contributed by atoms with Crippen LogP contribution in [0.1, 0.15) is 26.2 Å². The third-order valence-corrected chi connectivity index (χ3v) is 2.30. The first-order chi connectivity index (χ1) is 5.24. The maximum Gasteiger partial charge on any atom is 0.222 e. The van der Waals surface area contributed by atoms with Gasteiger partial charge in [-0.2, -0.15) is 0 Å². The van der Waals surface area contributed by atoms with Gasteiger partial charge in [-0.3, -0.25) is 4.79 Å². The number of alkyl halides is 1. The van der Waals surface area contributed by atoms with Crippen LogP contribution in [0.4, 0.5) is 0 Å². The normalized spacial score (nSPS) is 24.2. The molecule has 1 fully saturated rings. The lowest BCUT2D eigenvalue weighted by Gasteiger charge is -2.14. The lowest BCUT2D eigenvalue weighted by molar-refractivity contribution is -0.130. The number of carbonyl (C=O) groups is 1. The molecule has 0 aromatic heterocycles. The molecule has 1 atom stereocenters. The maximum atomic E-state index is 11.3. The lowest BCUT2D eigenvalue weighted by atomic mass is 10.3. The summed E-state index contributed by atoms with van der Waals surface area (Å²) in [5, 5.41) is 0.191. The number of likely N-dealkylation sites (tertiary alicyclic amines) is 1. The number of hydrogen-bond donors (Lipinski definition) is 0. The van der Waals surface area contributed by atoms with Gasteiger partial charge < -0.3 is 4.90 Å². The van der Waals surface area contributed by atoms with Gasteiger partial charge in [-0.25, -0.2) is 0 Å². The Balaban J connectivity index is 2.31. The molecule has 0 bridgehead atoms. The summed E-state index contributed by atoms with van der Waals surface area (Å²) in [7, 11) is 0. The van der Waals surface area contributed by atoms with E-state index in [1.807, 2.05) is 11.8 Å². The highest BCUT2D eigenvalue weighted by Gasteiger charge is 2.23. The summed E-state index contributed by atoms with van der Waals surface area (Å²) in [6.45, 7) is 3.62. The van der Waals surface area contributed by atoms with Gasteiger partial charge in [-0.1, -0.05) is 6.92 Å². The molecule has 3 heteroatoms. The van der Waals surface area contributed by atoms with Crippen molar-refractivity contribution in [1.82, 2.24) is 4.90 Å². The first kappa shape index (κ1) is 8.85. The minimum absolute atomic E-state index is 0.191. The fourth-order valence-electron chi connectivity index (χ4n) is 1.32. The Labute approximate surface area is 72.5 Å². The van der Waals surface area contributed by atoms with E-state index in [0.717, 1.165) is 25.9 Å². The van der Waals surface area contributed by atoms with Crippen molar-refractivity contribution in [1.29, 1.82) is 0 Å². The zero-order valence-electron chi connectivity index (χ0n) is 6.85. The second kappa shape index (κ2) is 3.96. The van der Waals surface area contributed by atoms with Gasteiger partial charge in [0.2, 0.25) is 5.91 Å². The van der Waals surface area contributed by atoms with E-state index in [2.05, 4.69) is 0 Å². The molecule has 1 amide bonds. The predicted octanol–water partition coefficient (Wildman–Crippen LogP) is 1.63. The van der Waals surface area contributed by atoms with Gasteiger partial charge in [0.15, 0.2) is 0 Å². The van der Waals surface area contributed by atoms with E-state index in [-0.39, 0.29) is 11.3 Å². The summed E-state index contributed by atoms with van der Waals surface area (Å²) < 4.78 is 0. The molecule has 1 saturated heterocycles. The maximum absolute atomic E-state index is 11.3. The Morgan fingerprint density at radius 3 is 2.91 bits per heavy atom. The highest BCUT2D eigenvalue weighted by Crippen LogP contribution is 2.15. The first-order valence-corrected chi connectivity index (χ1v) is 4.59. The second-order valence-electron chi connectivity index (χ2n) is 2.98. The summed E-state index contributed by atoms with van der Waals surface area (Å²) in [5.41, 5.74) is 0. The van der Waals surface area contributed by atoms with Gasteiger partial charge in [-0.15, -0.1) is 11.6 Å². The topological polar surface area (TPSA) is 20.3 Å². The molecule has 1 rings (SSSR count). The summed E-state index contributed by atoms with van der Waals surface area (Å²) in [5.74, 6) is 0.260. The Bertz CT molecular complexity index is 149. The molecule has 11 heavy (non-hydrogen) atoms. The quantitative estimate of drug-likeness (QED) is 0.585. The second-order valence-corrected chi connectivity index (χ2v) is 3.59. The van der Waals surface area contributed by atoms with E-state index in [0.29, 0.717) is 6.42 Å². The first-order valence-electron chi connectivity index (χ1n) is 4.16. The van der Waals surface area contributed by atoms with Gasteiger partial charge in [-0.05, 0) is 12.8 Å². The van der Waals surface area contributed by atoms with Crippen molar-refractivity contribution in [3.63, 3.8) is 0 Å². The van der Waals surface area contributed by atoms with E-state index in [9.17, 15) is 4.79 Å². The zero-order chi connectivity index (χ0) is 8.27. The monoisotopic (exact) mass is 175 g/mol. The van der Waals surface area contributed by atoms with Crippen molar-refractivity contribution in [2.45, 2.75) is 31.6 Å². The number of rotatable bonds is 2. The largest absolute Gasteiger partial charge is 0.341 e. The van der Waals surface area contributed by atoms with Crippen molar-refractivity contribution in [3.05, 3.63) is 0 Å². The van der Waals surface area contributed by atoms with Crippen LogP contribution in [0.5, 0.6) is 0 Å². The van der Waals surface area contributed by atoms with Crippen LogP contribution in [-0.2, 0) is 4.79 Å². The molecular weight excluding hydrogens is 162 g/mol. The Morgan fingerprint density at radius 1 is 1.73 bits per heavy atom. The van der Waals surface area contributed by atoms with Crippen molar-refractivity contribution in [3.8, 4) is 0 Å². The molecule has 0 aliphatic carbocycles. The molecule has 2 nitrogen and oxygen atoms in total. The third-order valence-electron chi connectivity index (χ3n) is 1.95. The van der Waals surface area contributed by atoms with Crippen molar-refractivity contribution < 1.29 is 4.79 Å². The van der Waals surface area contributed by atoms with Crippen LogP contribution < -0.4 is 0 Å².